The maximum absolute atomic E-state index is 12.6. The quantitative estimate of drug-likeness (QED) is 0.809. The average molecular weight is 391 g/mol. The van der Waals surface area contributed by atoms with Crippen LogP contribution in [0.2, 0.25) is 0 Å². The molecule has 0 atom stereocenters. The number of hydrogen-bond acceptors (Lipinski definition) is 4. The first kappa shape index (κ1) is 17.7. The summed E-state index contributed by atoms with van der Waals surface area (Å²) >= 11 is 3.38. The molecule has 7 heteroatoms. The van der Waals surface area contributed by atoms with E-state index < -0.39 is 10.0 Å². The average Bonchev–Trinajstić information content (AvgIpc) is 2.48. The Labute approximate surface area is 141 Å². The SMILES string of the molecule is COc1cc(C)c(Br)cc1S(=O)(=O)NCC1(C)CCNCC1. The van der Waals surface area contributed by atoms with E-state index in [2.05, 4.69) is 32.9 Å². The molecule has 1 aliphatic heterocycles. The molecule has 1 heterocycles. The Hall–Kier alpha value is -0.630. The van der Waals surface area contributed by atoms with Gasteiger partial charge in [-0.1, -0.05) is 22.9 Å². The highest BCUT2D eigenvalue weighted by Gasteiger charge is 2.29. The largest absolute Gasteiger partial charge is 0.495 e. The molecule has 0 amide bonds. The highest BCUT2D eigenvalue weighted by Crippen LogP contribution is 2.32. The van der Waals surface area contributed by atoms with Crippen molar-refractivity contribution in [2.24, 2.45) is 5.41 Å². The number of piperidine rings is 1. The second-order valence-corrected chi connectivity index (χ2v) is 8.73. The van der Waals surface area contributed by atoms with Gasteiger partial charge in [0.05, 0.1) is 7.11 Å². The van der Waals surface area contributed by atoms with Crippen LogP contribution in [0.1, 0.15) is 25.3 Å². The Balaban J connectivity index is 2.21. The summed E-state index contributed by atoms with van der Waals surface area (Å²) < 4.78 is 34.0. The van der Waals surface area contributed by atoms with Crippen LogP contribution in [-0.4, -0.2) is 35.2 Å². The number of nitrogens with one attached hydrogen (secondary N) is 2. The van der Waals surface area contributed by atoms with Crippen molar-refractivity contribution in [3.8, 4) is 5.75 Å². The lowest BCUT2D eigenvalue weighted by molar-refractivity contribution is 0.232. The molecule has 2 N–H and O–H groups in total. The van der Waals surface area contributed by atoms with Gasteiger partial charge in [0.15, 0.2) is 0 Å². The normalized spacial score (nSPS) is 18.2. The Morgan fingerprint density at radius 1 is 1.36 bits per heavy atom. The monoisotopic (exact) mass is 390 g/mol. The first-order valence-electron chi connectivity index (χ1n) is 7.32. The number of aryl methyl sites for hydroxylation is 1. The zero-order chi connectivity index (χ0) is 16.4. The van der Waals surface area contributed by atoms with Gasteiger partial charge in [-0.3, -0.25) is 0 Å². The smallest absolute Gasteiger partial charge is 0.244 e. The molecule has 0 saturated carbocycles. The summed E-state index contributed by atoms with van der Waals surface area (Å²) in [6.45, 7) is 6.31. The van der Waals surface area contributed by atoms with E-state index in [-0.39, 0.29) is 10.3 Å². The number of hydrogen-bond donors (Lipinski definition) is 2. The first-order valence-corrected chi connectivity index (χ1v) is 9.60. The fraction of sp³-hybridized carbons (Fsp3) is 0.600. The van der Waals surface area contributed by atoms with Gasteiger partial charge < -0.3 is 10.1 Å². The van der Waals surface area contributed by atoms with Crippen LogP contribution in [0.25, 0.3) is 0 Å². The lowest BCUT2D eigenvalue weighted by Crippen LogP contribution is -2.42. The zero-order valence-corrected chi connectivity index (χ0v) is 15.6. The van der Waals surface area contributed by atoms with Crippen molar-refractivity contribution in [1.82, 2.24) is 10.0 Å². The summed E-state index contributed by atoms with van der Waals surface area (Å²) in [7, 11) is -2.12. The van der Waals surface area contributed by atoms with Crippen LogP contribution in [0.15, 0.2) is 21.5 Å². The highest BCUT2D eigenvalue weighted by atomic mass is 79.9. The van der Waals surface area contributed by atoms with Crippen LogP contribution in [0.5, 0.6) is 5.75 Å². The van der Waals surface area contributed by atoms with Crippen LogP contribution in [0.3, 0.4) is 0 Å². The van der Waals surface area contributed by atoms with Crippen molar-refractivity contribution < 1.29 is 13.2 Å². The Kier molecular flexibility index (Phi) is 5.53. The van der Waals surface area contributed by atoms with Crippen LogP contribution in [-0.2, 0) is 10.0 Å². The molecule has 0 unspecified atom stereocenters. The molecule has 1 saturated heterocycles. The summed E-state index contributed by atoms with van der Waals surface area (Å²) in [6.07, 6.45) is 1.93. The predicted octanol–water partition coefficient (Wildman–Crippen LogP) is 2.43. The van der Waals surface area contributed by atoms with Crippen molar-refractivity contribution in [2.45, 2.75) is 31.6 Å². The van der Waals surface area contributed by atoms with Gasteiger partial charge in [0.1, 0.15) is 10.6 Å². The van der Waals surface area contributed by atoms with E-state index in [1.165, 1.54) is 7.11 Å². The third-order valence-electron chi connectivity index (χ3n) is 4.23. The molecule has 5 nitrogen and oxygen atoms in total. The molecule has 0 aromatic heterocycles. The van der Waals surface area contributed by atoms with E-state index in [1.807, 2.05) is 6.92 Å². The van der Waals surface area contributed by atoms with Gasteiger partial charge in [0, 0.05) is 11.0 Å². The summed E-state index contributed by atoms with van der Waals surface area (Å²) in [6, 6.07) is 3.33. The lowest BCUT2D eigenvalue weighted by Gasteiger charge is -2.34. The van der Waals surface area contributed by atoms with Crippen LogP contribution in [0, 0.1) is 12.3 Å². The Bertz CT molecular complexity index is 640. The van der Waals surface area contributed by atoms with E-state index in [0.717, 1.165) is 36.0 Å². The number of halogens is 1. The number of methoxy groups -OCH3 is 1. The van der Waals surface area contributed by atoms with Crippen molar-refractivity contribution >= 4 is 26.0 Å². The number of rotatable bonds is 5. The topological polar surface area (TPSA) is 67.4 Å². The Morgan fingerprint density at radius 3 is 2.59 bits per heavy atom. The number of benzene rings is 1. The van der Waals surface area contributed by atoms with Gasteiger partial charge in [-0.05, 0) is 56.0 Å². The van der Waals surface area contributed by atoms with E-state index in [0.29, 0.717) is 12.3 Å². The molecule has 124 valence electrons. The maximum Gasteiger partial charge on any atom is 0.244 e. The molecular weight excluding hydrogens is 368 g/mol. The highest BCUT2D eigenvalue weighted by molar-refractivity contribution is 9.10. The summed E-state index contributed by atoms with van der Waals surface area (Å²) in [5, 5.41) is 3.30. The van der Waals surface area contributed by atoms with Crippen molar-refractivity contribution in [2.75, 3.05) is 26.7 Å². The molecule has 0 bridgehead atoms. The number of ether oxygens (including phenoxy) is 1. The van der Waals surface area contributed by atoms with Crippen LogP contribution < -0.4 is 14.8 Å². The summed E-state index contributed by atoms with van der Waals surface area (Å²) in [5.74, 6) is 0.365. The molecule has 0 radical (unpaired) electrons. The predicted molar refractivity (Wildman–Crippen MR) is 90.8 cm³/mol. The van der Waals surface area contributed by atoms with Gasteiger partial charge in [-0.15, -0.1) is 0 Å². The van der Waals surface area contributed by atoms with Gasteiger partial charge >= 0.3 is 0 Å². The molecule has 2 rings (SSSR count). The second kappa shape index (κ2) is 6.86. The summed E-state index contributed by atoms with van der Waals surface area (Å²) in [4.78, 5) is 0.171. The van der Waals surface area contributed by atoms with Gasteiger partial charge in [0.25, 0.3) is 0 Å². The first-order chi connectivity index (χ1) is 10.3. The molecule has 1 aromatic carbocycles. The minimum Gasteiger partial charge on any atom is -0.495 e. The van der Waals surface area contributed by atoms with Crippen molar-refractivity contribution in [3.05, 3.63) is 22.2 Å². The van der Waals surface area contributed by atoms with Gasteiger partial charge in [-0.25, -0.2) is 13.1 Å². The van der Waals surface area contributed by atoms with Crippen molar-refractivity contribution in [1.29, 1.82) is 0 Å². The molecule has 22 heavy (non-hydrogen) atoms. The molecular formula is C15H23BrN2O3S. The van der Waals surface area contributed by atoms with Gasteiger partial charge in [0.2, 0.25) is 10.0 Å². The van der Waals surface area contributed by atoms with E-state index in [4.69, 9.17) is 4.74 Å². The standard InChI is InChI=1S/C15H23BrN2O3S/c1-11-8-13(21-3)14(9-12(11)16)22(19,20)18-10-15(2)4-6-17-7-5-15/h8-9,17-18H,4-7,10H2,1-3H3. The molecule has 0 aliphatic carbocycles. The molecule has 1 aromatic rings. The fourth-order valence-electron chi connectivity index (χ4n) is 2.56. The zero-order valence-electron chi connectivity index (χ0n) is 13.2. The molecule has 0 spiro atoms. The van der Waals surface area contributed by atoms with Crippen molar-refractivity contribution in [3.63, 3.8) is 0 Å². The number of sulfonamides is 1. The minimum absolute atomic E-state index is 0.00646. The summed E-state index contributed by atoms with van der Waals surface area (Å²) in [5.41, 5.74) is 0.925. The Morgan fingerprint density at radius 2 is 2.00 bits per heavy atom. The van der Waals surface area contributed by atoms with Gasteiger partial charge in [-0.2, -0.15) is 0 Å². The molecule has 1 fully saturated rings. The molecule has 1 aliphatic rings. The maximum atomic E-state index is 12.6. The minimum atomic E-state index is -3.61. The second-order valence-electron chi connectivity index (χ2n) is 6.14. The van der Waals surface area contributed by atoms with E-state index >= 15 is 0 Å². The third-order valence-corrected chi connectivity index (χ3v) is 6.51. The lowest BCUT2D eigenvalue weighted by atomic mass is 9.81. The van der Waals surface area contributed by atoms with Crippen LogP contribution in [0.4, 0.5) is 0 Å². The third kappa shape index (κ3) is 4.01. The fourth-order valence-corrected chi connectivity index (χ4v) is 4.43. The van der Waals surface area contributed by atoms with E-state index in [1.54, 1.807) is 12.1 Å². The van der Waals surface area contributed by atoms with Crippen LogP contribution >= 0.6 is 15.9 Å². The van der Waals surface area contributed by atoms with E-state index in [9.17, 15) is 8.42 Å².